The second-order valence-corrected chi connectivity index (χ2v) is 19.8. The number of fused-ring (bicyclic) bond motifs is 2. The monoisotopic (exact) mass is 897 g/mol. The number of benzene rings is 1. The second kappa shape index (κ2) is 22.2. The Kier molecular flexibility index (Phi) is 17.6. The van der Waals surface area contributed by atoms with Gasteiger partial charge < -0.3 is 39.4 Å². The van der Waals surface area contributed by atoms with Crippen LogP contribution < -0.4 is 10.6 Å². The molecule has 16 heteroatoms. The van der Waals surface area contributed by atoms with Crippen LogP contribution >= 0.6 is 11.3 Å². The third-order valence-electron chi connectivity index (χ3n) is 13.2. The standard InChI is InChI=1S/C47H72N6O9S/c1-12-29(4)38(51(8)45(57)37(28(2)3)50-42(55)39-31-20-21-32(26-31)53(39)46(58)62-47(5,6)7)35(59-9)27-36(54)52-23-16-19-34(52)40(60-10)41(61-11)43(56)49-33(44-48-22-24-63-44)25-30-17-14-13-15-18-30/h13-15,17-18,22,24,28-29,31-35,37-41H,12,16,19-21,23,25-27H2,1-11H3,(H,49,56)(H,50,55)/t29-,31-,32+,33-,34-,35+,37-,38-,39-,40+,41+/m0/s1. The lowest BCUT2D eigenvalue weighted by Gasteiger charge is -2.41. The normalized spacial score (nSPS) is 23.1. The summed E-state index contributed by atoms with van der Waals surface area (Å²) in [5.41, 5.74) is 0.327. The molecular weight excluding hydrogens is 825 g/mol. The van der Waals surface area contributed by atoms with E-state index in [0.717, 1.165) is 29.8 Å². The van der Waals surface area contributed by atoms with Crippen LogP contribution in [0.1, 0.15) is 110 Å². The number of amides is 5. The first kappa shape index (κ1) is 49.9. The number of nitrogens with zero attached hydrogens (tertiary/aromatic N) is 4. The maximum Gasteiger partial charge on any atom is 0.411 e. The van der Waals surface area contributed by atoms with Crippen LogP contribution in [-0.2, 0) is 44.5 Å². The van der Waals surface area contributed by atoms with Crippen molar-refractivity contribution in [1.82, 2.24) is 30.3 Å². The van der Waals surface area contributed by atoms with E-state index in [1.54, 1.807) is 55.8 Å². The lowest BCUT2D eigenvalue weighted by Crippen LogP contribution is -2.61. The van der Waals surface area contributed by atoms with Crippen molar-refractivity contribution in [1.29, 1.82) is 0 Å². The van der Waals surface area contributed by atoms with Crippen LogP contribution in [0.15, 0.2) is 41.9 Å². The van der Waals surface area contributed by atoms with E-state index in [-0.39, 0.29) is 53.8 Å². The number of carbonyl (C=O) groups is 5. The summed E-state index contributed by atoms with van der Waals surface area (Å²) in [6, 6.07) is 6.80. The topological polar surface area (TPSA) is 169 Å². The van der Waals surface area contributed by atoms with E-state index in [4.69, 9.17) is 18.9 Å². The number of ether oxygens (including phenoxy) is 4. The fraction of sp³-hybridized carbons (Fsp3) is 0.702. The Labute approximate surface area is 378 Å². The van der Waals surface area contributed by atoms with Crippen molar-refractivity contribution in [2.24, 2.45) is 17.8 Å². The summed E-state index contributed by atoms with van der Waals surface area (Å²) in [7, 11) is 6.26. The first-order valence-electron chi connectivity index (χ1n) is 22.6. The predicted molar refractivity (Wildman–Crippen MR) is 241 cm³/mol. The van der Waals surface area contributed by atoms with Crippen molar-refractivity contribution in [3.8, 4) is 0 Å². The summed E-state index contributed by atoms with van der Waals surface area (Å²) in [5.74, 6) is -1.60. The molecule has 1 aromatic heterocycles. The lowest BCUT2D eigenvalue weighted by molar-refractivity contribution is -0.152. The van der Waals surface area contributed by atoms with Crippen LogP contribution in [0.5, 0.6) is 0 Å². The molecule has 2 aliphatic heterocycles. The number of rotatable bonds is 20. The van der Waals surface area contributed by atoms with Crippen molar-refractivity contribution in [2.75, 3.05) is 34.9 Å². The fourth-order valence-corrected chi connectivity index (χ4v) is 10.6. The molecule has 3 fully saturated rings. The van der Waals surface area contributed by atoms with Crippen molar-refractivity contribution < 1.29 is 42.9 Å². The molecule has 3 aliphatic rings. The Morgan fingerprint density at radius 1 is 0.968 bits per heavy atom. The smallest absolute Gasteiger partial charge is 0.411 e. The number of likely N-dealkylation sites (N-methyl/N-ethyl adjacent to an activating group) is 1. The number of hydrogen-bond donors (Lipinski definition) is 2. The van der Waals surface area contributed by atoms with Gasteiger partial charge in [0.05, 0.1) is 30.7 Å². The lowest BCUT2D eigenvalue weighted by atomic mass is 9.89. The van der Waals surface area contributed by atoms with Gasteiger partial charge >= 0.3 is 6.09 Å². The summed E-state index contributed by atoms with van der Waals surface area (Å²) < 4.78 is 23.7. The molecule has 5 rings (SSSR count). The van der Waals surface area contributed by atoms with E-state index in [0.29, 0.717) is 32.2 Å². The van der Waals surface area contributed by atoms with Crippen LogP contribution in [0, 0.1) is 17.8 Å². The van der Waals surface area contributed by atoms with E-state index in [2.05, 4.69) is 15.6 Å². The number of aromatic nitrogens is 1. The molecular formula is C47H72N6O9S. The third kappa shape index (κ3) is 12.0. The zero-order valence-corrected chi connectivity index (χ0v) is 40.0. The summed E-state index contributed by atoms with van der Waals surface area (Å²) in [6.07, 6.45) is 3.58. The average molecular weight is 897 g/mol. The number of carbonyl (C=O) groups excluding carboxylic acids is 5. The van der Waals surface area contributed by atoms with Crippen LogP contribution in [0.2, 0.25) is 0 Å². The van der Waals surface area contributed by atoms with Gasteiger partial charge in [-0.3, -0.25) is 24.1 Å². The molecule has 5 amide bonds. The second-order valence-electron chi connectivity index (χ2n) is 18.9. The van der Waals surface area contributed by atoms with Gasteiger partial charge in [0.25, 0.3) is 5.91 Å². The Morgan fingerprint density at radius 3 is 2.27 bits per heavy atom. The average Bonchev–Trinajstić information content (AvgIpc) is 4.09. The molecule has 0 spiro atoms. The van der Waals surface area contributed by atoms with Gasteiger partial charge in [-0.25, -0.2) is 9.78 Å². The van der Waals surface area contributed by atoms with Crippen molar-refractivity contribution in [3.63, 3.8) is 0 Å². The first-order chi connectivity index (χ1) is 29.9. The van der Waals surface area contributed by atoms with Gasteiger partial charge in [0, 0.05) is 52.5 Å². The highest BCUT2D eigenvalue weighted by molar-refractivity contribution is 7.09. The largest absolute Gasteiger partial charge is 0.444 e. The van der Waals surface area contributed by atoms with Crippen LogP contribution in [0.3, 0.4) is 0 Å². The van der Waals surface area contributed by atoms with Crippen molar-refractivity contribution in [2.45, 2.75) is 160 Å². The zero-order chi connectivity index (χ0) is 46.2. The minimum Gasteiger partial charge on any atom is -0.444 e. The van der Waals surface area contributed by atoms with Gasteiger partial charge in [0.15, 0.2) is 6.10 Å². The Morgan fingerprint density at radius 2 is 1.68 bits per heavy atom. The molecule has 3 heterocycles. The molecule has 350 valence electrons. The molecule has 1 aromatic carbocycles. The van der Waals surface area contributed by atoms with Gasteiger partial charge in [-0.05, 0) is 82.6 Å². The van der Waals surface area contributed by atoms with E-state index in [1.165, 1.54) is 25.6 Å². The minimum atomic E-state index is -1.03. The quantitative estimate of drug-likeness (QED) is 0.167. The summed E-state index contributed by atoms with van der Waals surface area (Å²) >= 11 is 1.46. The molecule has 2 N–H and O–H groups in total. The summed E-state index contributed by atoms with van der Waals surface area (Å²) in [5, 5.41) is 8.86. The molecule has 11 atom stereocenters. The summed E-state index contributed by atoms with van der Waals surface area (Å²) in [4.78, 5) is 80.2. The maximum absolute atomic E-state index is 14.6. The highest BCUT2D eigenvalue weighted by Gasteiger charge is 2.53. The maximum atomic E-state index is 14.6. The van der Waals surface area contributed by atoms with Gasteiger partial charge in [-0.1, -0.05) is 64.4 Å². The number of piperidine rings is 1. The molecule has 2 bridgehead atoms. The van der Waals surface area contributed by atoms with Gasteiger partial charge in [0.2, 0.25) is 17.7 Å². The van der Waals surface area contributed by atoms with Crippen LogP contribution in [-0.4, -0.2) is 138 Å². The van der Waals surface area contributed by atoms with E-state index < -0.39 is 60.2 Å². The molecule has 1 saturated carbocycles. The van der Waals surface area contributed by atoms with Crippen LogP contribution in [0.25, 0.3) is 0 Å². The van der Waals surface area contributed by atoms with Gasteiger partial charge in [0.1, 0.15) is 28.8 Å². The highest BCUT2D eigenvalue weighted by Crippen LogP contribution is 2.43. The zero-order valence-electron chi connectivity index (χ0n) is 39.2. The Hall–Kier alpha value is -4.12. The molecule has 2 aromatic rings. The predicted octanol–water partition coefficient (Wildman–Crippen LogP) is 5.77. The molecule has 63 heavy (non-hydrogen) atoms. The molecule has 2 saturated heterocycles. The van der Waals surface area contributed by atoms with E-state index in [1.807, 2.05) is 63.4 Å². The van der Waals surface area contributed by atoms with Gasteiger partial charge in [-0.15, -0.1) is 11.3 Å². The Balaban J connectivity index is 1.30. The van der Waals surface area contributed by atoms with Crippen molar-refractivity contribution in [3.05, 3.63) is 52.5 Å². The summed E-state index contributed by atoms with van der Waals surface area (Å²) in [6.45, 7) is 13.7. The minimum absolute atomic E-state index is 0.0133. The Bertz CT molecular complexity index is 1830. The number of nitrogens with one attached hydrogen (secondary N) is 2. The number of methoxy groups -OCH3 is 3. The first-order valence-corrected chi connectivity index (χ1v) is 23.5. The SMILES string of the molecule is CC[C@H](C)[C@@H]([C@@H](CC(=O)N1CCC[C@H]1[C@@H](OC)[C@@H](OC)C(=O)N[C@@H](Cc1ccccc1)c1nccs1)OC)N(C)C(=O)[C@@H](NC(=O)[C@@H]1[C@H]2CC[C@H](C2)N1C(=O)OC(C)(C)C)C(C)C. The molecule has 0 radical (unpaired) electrons. The van der Waals surface area contributed by atoms with E-state index >= 15 is 0 Å². The molecule has 15 nitrogen and oxygen atoms in total. The van der Waals surface area contributed by atoms with E-state index in [9.17, 15) is 24.0 Å². The van der Waals surface area contributed by atoms with Crippen molar-refractivity contribution >= 4 is 41.1 Å². The number of thiazole rings is 1. The molecule has 0 unspecified atom stereocenters. The fourth-order valence-electron chi connectivity index (χ4n) is 9.92. The number of likely N-dealkylation sites (tertiary alicyclic amines) is 2. The highest BCUT2D eigenvalue weighted by atomic mass is 32.1. The number of hydrogen-bond acceptors (Lipinski definition) is 11. The molecule has 1 aliphatic carbocycles. The van der Waals surface area contributed by atoms with Gasteiger partial charge in [-0.2, -0.15) is 0 Å². The van der Waals surface area contributed by atoms with Crippen LogP contribution in [0.4, 0.5) is 4.79 Å². The third-order valence-corrected chi connectivity index (χ3v) is 14.1.